The minimum absolute atomic E-state index is 0.574. The molecule has 2 heteroatoms. The van der Waals surface area contributed by atoms with Crippen LogP contribution >= 0.6 is 0 Å². The Morgan fingerprint density at radius 1 is 1.29 bits per heavy atom. The zero-order chi connectivity index (χ0) is 10.4. The summed E-state index contributed by atoms with van der Waals surface area (Å²) in [5.41, 5.74) is 3.92. The van der Waals surface area contributed by atoms with E-state index in [2.05, 4.69) is 25.6 Å². The predicted octanol–water partition coefficient (Wildman–Crippen LogP) is 2.43. The van der Waals surface area contributed by atoms with Crippen molar-refractivity contribution >= 4 is 0 Å². The lowest BCUT2D eigenvalue weighted by Crippen LogP contribution is -2.50. The first kappa shape index (κ1) is 11.3. The number of rotatable bonds is 6. The van der Waals surface area contributed by atoms with E-state index in [0.29, 0.717) is 5.92 Å². The van der Waals surface area contributed by atoms with Crippen molar-refractivity contribution in [2.75, 3.05) is 6.54 Å². The Labute approximate surface area is 86.5 Å². The van der Waals surface area contributed by atoms with Gasteiger partial charge in [-0.25, -0.2) is 0 Å². The molecular formula is C12H22NO+. The molecule has 0 amide bonds. The highest BCUT2D eigenvalue weighted by molar-refractivity contribution is 5.05. The summed E-state index contributed by atoms with van der Waals surface area (Å²) < 4.78 is 5.45. The van der Waals surface area contributed by atoms with Crippen LogP contribution in [0.1, 0.15) is 44.8 Å². The summed E-state index contributed by atoms with van der Waals surface area (Å²) in [6, 6.07) is 4.06. The van der Waals surface area contributed by atoms with Gasteiger partial charge in [-0.2, -0.15) is 0 Å². The van der Waals surface area contributed by atoms with Crippen LogP contribution in [0.4, 0.5) is 0 Å². The van der Waals surface area contributed by atoms with E-state index in [1.165, 1.54) is 12.8 Å². The van der Waals surface area contributed by atoms with E-state index in [4.69, 9.17) is 4.42 Å². The second-order valence-electron chi connectivity index (χ2n) is 4.33. The molecule has 0 saturated heterocycles. The van der Waals surface area contributed by atoms with Crippen LogP contribution in [0.5, 0.6) is 0 Å². The Morgan fingerprint density at radius 2 is 2.07 bits per heavy atom. The fourth-order valence-electron chi connectivity index (χ4n) is 1.73. The van der Waals surface area contributed by atoms with Crippen LogP contribution in [0.15, 0.2) is 22.8 Å². The first-order valence-electron chi connectivity index (χ1n) is 5.56. The normalized spacial score (nSPS) is 13.4. The third kappa shape index (κ3) is 3.54. The second-order valence-corrected chi connectivity index (χ2v) is 4.33. The maximum Gasteiger partial charge on any atom is 0.107 e. The van der Waals surface area contributed by atoms with Crippen molar-refractivity contribution < 1.29 is 10.2 Å². The molecule has 0 bridgehead atoms. The molecule has 1 atom stereocenters. The van der Waals surface area contributed by atoms with E-state index < -0.39 is 0 Å². The van der Waals surface area contributed by atoms with Crippen molar-refractivity contribution in [1.29, 1.82) is 0 Å². The van der Waals surface area contributed by atoms with Crippen molar-refractivity contribution in [1.82, 2.24) is 0 Å². The van der Waals surface area contributed by atoms with E-state index in [9.17, 15) is 0 Å². The van der Waals surface area contributed by atoms with Crippen molar-refractivity contribution in [2.45, 2.75) is 39.0 Å². The summed E-state index contributed by atoms with van der Waals surface area (Å²) >= 11 is 0. The lowest BCUT2D eigenvalue weighted by Gasteiger charge is -2.13. The topological polar surface area (TPSA) is 40.8 Å². The van der Waals surface area contributed by atoms with E-state index in [1.54, 1.807) is 6.26 Å². The molecule has 0 unspecified atom stereocenters. The fraction of sp³-hybridized carbons (Fsp3) is 0.667. The summed E-state index contributed by atoms with van der Waals surface area (Å²) in [7, 11) is 0. The summed E-state index contributed by atoms with van der Waals surface area (Å²) in [6.45, 7) is 5.52. The molecule has 1 aromatic rings. The first-order valence-corrected chi connectivity index (χ1v) is 5.56. The highest BCUT2D eigenvalue weighted by Crippen LogP contribution is 2.26. The SMILES string of the molecule is CC(C)CC[C@@H](CC[NH3+])c1ccco1. The maximum absolute atomic E-state index is 5.45. The van der Waals surface area contributed by atoms with Gasteiger partial charge in [0.05, 0.1) is 12.8 Å². The number of hydrogen-bond donors (Lipinski definition) is 1. The first-order chi connectivity index (χ1) is 6.74. The van der Waals surface area contributed by atoms with Crippen LogP contribution in [0.2, 0.25) is 0 Å². The number of furan rings is 1. The molecule has 0 saturated carbocycles. The number of hydrogen-bond acceptors (Lipinski definition) is 1. The third-order valence-corrected chi connectivity index (χ3v) is 2.59. The standard InChI is InChI=1S/C12H21NO/c1-10(2)5-6-11(7-8-13)12-4-3-9-14-12/h3-4,9-11H,5-8,13H2,1-2H3/p+1/t11-/m0/s1. The summed E-state index contributed by atoms with van der Waals surface area (Å²) in [6.07, 6.45) is 5.40. The molecule has 0 aromatic carbocycles. The van der Waals surface area contributed by atoms with Gasteiger partial charge >= 0.3 is 0 Å². The van der Waals surface area contributed by atoms with Gasteiger partial charge in [-0.3, -0.25) is 0 Å². The Hall–Kier alpha value is -0.760. The van der Waals surface area contributed by atoms with Gasteiger partial charge in [0.15, 0.2) is 0 Å². The van der Waals surface area contributed by atoms with E-state index in [-0.39, 0.29) is 0 Å². The summed E-state index contributed by atoms with van der Waals surface area (Å²) in [4.78, 5) is 0. The Bertz CT molecular complexity index is 228. The molecule has 3 N–H and O–H groups in total. The average Bonchev–Trinajstić information content (AvgIpc) is 2.64. The molecule has 0 fully saturated rings. The number of quaternary nitrogens is 1. The highest BCUT2D eigenvalue weighted by Gasteiger charge is 2.14. The van der Waals surface area contributed by atoms with Crippen molar-refractivity contribution in [3.05, 3.63) is 24.2 Å². The molecule has 1 aromatic heterocycles. The largest absolute Gasteiger partial charge is 0.469 e. The second kappa shape index (κ2) is 5.86. The van der Waals surface area contributed by atoms with Gasteiger partial charge in [-0.1, -0.05) is 20.3 Å². The minimum atomic E-state index is 0.574. The molecule has 0 aliphatic rings. The highest BCUT2D eigenvalue weighted by atomic mass is 16.3. The predicted molar refractivity (Wildman–Crippen MR) is 57.9 cm³/mol. The molecule has 0 aliphatic heterocycles. The van der Waals surface area contributed by atoms with Crippen molar-refractivity contribution in [2.24, 2.45) is 5.92 Å². The monoisotopic (exact) mass is 196 g/mol. The third-order valence-electron chi connectivity index (χ3n) is 2.59. The smallest absolute Gasteiger partial charge is 0.107 e. The Kier molecular flexibility index (Phi) is 4.74. The minimum Gasteiger partial charge on any atom is -0.469 e. The average molecular weight is 196 g/mol. The Morgan fingerprint density at radius 3 is 2.57 bits per heavy atom. The maximum atomic E-state index is 5.45. The molecule has 0 spiro atoms. The molecular weight excluding hydrogens is 174 g/mol. The van der Waals surface area contributed by atoms with Crippen LogP contribution in [0, 0.1) is 5.92 Å². The van der Waals surface area contributed by atoms with Gasteiger partial charge in [-0.15, -0.1) is 0 Å². The van der Waals surface area contributed by atoms with Crippen LogP contribution < -0.4 is 5.73 Å². The van der Waals surface area contributed by atoms with Crippen LogP contribution in [-0.2, 0) is 0 Å². The summed E-state index contributed by atoms with van der Waals surface area (Å²) in [5.74, 6) is 2.48. The quantitative estimate of drug-likeness (QED) is 0.746. The molecule has 14 heavy (non-hydrogen) atoms. The van der Waals surface area contributed by atoms with Crippen LogP contribution in [-0.4, -0.2) is 6.54 Å². The van der Waals surface area contributed by atoms with Crippen molar-refractivity contribution in [3.63, 3.8) is 0 Å². The van der Waals surface area contributed by atoms with Gasteiger partial charge in [0.1, 0.15) is 5.76 Å². The van der Waals surface area contributed by atoms with Gasteiger partial charge in [0.25, 0.3) is 0 Å². The van der Waals surface area contributed by atoms with Gasteiger partial charge < -0.3 is 10.2 Å². The molecule has 1 heterocycles. The van der Waals surface area contributed by atoms with E-state index in [1.807, 2.05) is 6.07 Å². The van der Waals surface area contributed by atoms with Gasteiger partial charge in [-0.05, 0) is 24.5 Å². The van der Waals surface area contributed by atoms with E-state index >= 15 is 0 Å². The molecule has 2 nitrogen and oxygen atoms in total. The summed E-state index contributed by atoms with van der Waals surface area (Å²) in [5, 5.41) is 0. The lowest BCUT2D eigenvalue weighted by molar-refractivity contribution is -0.369. The zero-order valence-electron chi connectivity index (χ0n) is 9.33. The van der Waals surface area contributed by atoms with Gasteiger partial charge in [0.2, 0.25) is 0 Å². The zero-order valence-corrected chi connectivity index (χ0v) is 9.33. The van der Waals surface area contributed by atoms with Crippen LogP contribution in [0.3, 0.4) is 0 Å². The van der Waals surface area contributed by atoms with E-state index in [0.717, 1.165) is 24.6 Å². The van der Waals surface area contributed by atoms with Crippen LogP contribution in [0.25, 0.3) is 0 Å². The Balaban J connectivity index is 2.47. The molecule has 0 radical (unpaired) electrons. The lowest BCUT2D eigenvalue weighted by atomic mass is 9.93. The molecule has 1 rings (SSSR count). The van der Waals surface area contributed by atoms with Gasteiger partial charge in [0, 0.05) is 12.3 Å². The van der Waals surface area contributed by atoms with Crippen molar-refractivity contribution in [3.8, 4) is 0 Å². The molecule has 0 aliphatic carbocycles. The fourth-order valence-corrected chi connectivity index (χ4v) is 1.73. The molecule has 80 valence electrons.